The molecule has 6 heteroatoms. The molecular formula is C12H22N2O4. The van der Waals surface area contributed by atoms with Crippen molar-refractivity contribution in [1.29, 1.82) is 0 Å². The molecule has 0 aromatic heterocycles. The van der Waals surface area contributed by atoms with Gasteiger partial charge in [0.2, 0.25) is 0 Å². The largest absolute Gasteiger partial charge is 0.481 e. The molecule has 6 nitrogen and oxygen atoms in total. The topological polar surface area (TPSA) is 87.7 Å². The summed E-state index contributed by atoms with van der Waals surface area (Å²) in [5.41, 5.74) is -0.357. The van der Waals surface area contributed by atoms with Gasteiger partial charge in [-0.3, -0.25) is 4.79 Å². The highest BCUT2D eigenvalue weighted by atomic mass is 16.5. The highest BCUT2D eigenvalue weighted by molar-refractivity contribution is 5.76. The number of carbonyl (C=O) groups excluding carboxylic acids is 1. The predicted octanol–water partition coefficient (Wildman–Crippen LogP) is 1.11. The van der Waals surface area contributed by atoms with Crippen molar-refractivity contribution in [2.45, 2.75) is 51.1 Å². The van der Waals surface area contributed by atoms with Crippen LogP contribution in [0.1, 0.15) is 39.5 Å². The number of hydrogen-bond donors (Lipinski definition) is 3. The molecule has 0 bridgehead atoms. The molecule has 0 radical (unpaired) electrons. The summed E-state index contributed by atoms with van der Waals surface area (Å²) in [7, 11) is 0. The van der Waals surface area contributed by atoms with E-state index in [2.05, 4.69) is 10.6 Å². The summed E-state index contributed by atoms with van der Waals surface area (Å²) in [4.78, 5) is 22.4. The van der Waals surface area contributed by atoms with Crippen molar-refractivity contribution < 1.29 is 19.4 Å². The summed E-state index contributed by atoms with van der Waals surface area (Å²) in [6.07, 6.45) is 2.32. The minimum absolute atomic E-state index is 0.0584. The first-order valence-electron chi connectivity index (χ1n) is 6.33. The molecule has 1 heterocycles. The maximum absolute atomic E-state index is 11.8. The molecule has 1 aliphatic rings. The van der Waals surface area contributed by atoms with Gasteiger partial charge in [0.1, 0.15) is 0 Å². The molecule has 2 unspecified atom stereocenters. The first-order chi connectivity index (χ1) is 8.45. The van der Waals surface area contributed by atoms with E-state index in [-0.39, 0.29) is 24.0 Å². The molecule has 18 heavy (non-hydrogen) atoms. The number of carboxylic acids is 1. The van der Waals surface area contributed by atoms with Crippen LogP contribution in [0, 0.1) is 0 Å². The molecule has 0 spiro atoms. The number of rotatable bonds is 5. The lowest BCUT2D eigenvalue weighted by atomic mass is 9.95. The number of ether oxygens (including phenoxy) is 1. The summed E-state index contributed by atoms with van der Waals surface area (Å²) in [5, 5.41) is 14.3. The second-order valence-electron chi connectivity index (χ2n) is 5.02. The molecular weight excluding hydrogens is 236 g/mol. The Labute approximate surface area is 107 Å². The first kappa shape index (κ1) is 14.8. The van der Waals surface area contributed by atoms with Gasteiger partial charge in [-0.05, 0) is 26.2 Å². The van der Waals surface area contributed by atoms with Crippen LogP contribution in [0.15, 0.2) is 0 Å². The van der Waals surface area contributed by atoms with Crippen LogP contribution >= 0.6 is 0 Å². The van der Waals surface area contributed by atoms with Crippen molar-refractivity contribution in [2.75, 3.05) is 13.2 Å². The lowest BCUT2D eigenvalue weighted by Gasteiger charge is -2.34. The molecule has 1 saturated heterocycles. The monoisotopic (exact) mass is 258 g/mol. The number of amides is 2. The van der Waals surface area contributed by atoms with Gasteiger partial charge in [-0.15, -0.1) is 0 Å². The van der Waals surface area contributed by atoms with Gasteiger partial charge in [0, 0.05) is 12.6 Å². The van der Waals surface area contributed by atoms with E-state index >= 15 is 0 Å². The maximum Gasteiger partial charge on any atom is 0.315 e. The Morgan fingerprint density at radius 1 is 1.50 bits per heavy atom. The Kier molecular flexibility index (Phi) is 5.40. The molecule has 1 rings (SSSR count). The lowest BCUT2D eigenvalue weighted by Crippen LogP contribution is -2.56. The fraction of sp³-hybridized carbons (Fsp3) is 0.833. The molecule has 0 aromatic rings. The lowest BCUT2D eigenvalue weighted by molar-refractivity contribution is -0.137. The van der Waals surface area contributed by atoms with Crippen LogP contribution in [0.5, 0.6) is 0 Å². The molecule has 3 N–H and O–H groups in total. The van der Waals surface area contributed by atoms with E-state index in [1.165, 1.54) is 0 Å². The second-order valence-corrected chi connectivity index (χ2v) is 5.02. The Morgan fingerprint density at radius 3 is 2.72 bits per heavy atom. The molecule has 1 aliphatic heterocycles. The van der Waals surface area contributed by atoms with E-state index in [1.807, 2.05) is 13.8 Å². The van der Waals surface area contributed by atoms with Gasteiger partial charge >= 0.3 is 12.0 Å². The van der Waals surface area contributed by atoms with Gasteiger partial charge < -0.3 is 20.5 Å². The Bertz CT molecular complexity index is 300. The third-order valence-corrected chi connectivity index (χ3v) is 3.10. The SMILES string of the molecule is CCC(CC(=O)O)NC(=O)NC1(C)CCCOC1. The minimum Gasteiger partial charge on any atom is -0.481 e. The van der Waals surface area contributed by atoms with Crippen LogP contribution in [-0.2, 0) is 9.53 Å². The van der Waals surface area contributed by atoms with Crippen molar-refractivity contribution in [1.82, 2.24) is 10.6 Å². The minimum atomic E-state index is -0.908. The Hall–Kier alpha value is -1.30. The average molecular weight is 258 g/mol. The van der Waals surface area contributed by atoms with E-state index in [9.17, 15) is 9.59 Å². The van der Waals surface area contributed by atoms with Gasteiger partial charge in [-0.1, -0.05) is 6.92 Å². The van der Waals surface area contributed by atoms with Gasteiger partial charge in [0.05, 0.1) is 18.6 Å². The number of nitrogens with one attached hydrogen (secondary N) is 2. The molecule has 104 valence electrons. The summed E-state index contributed by atoms with van der Waals surface area (Å²) < 4.78 is 5.35. The molecule has 2 atom stereocenters. The van der Waals surface area contributed by atoms with Crippen LogP contribution in [0.3, 0.4) is 0 Å². The first-order valence-corrected chi connectivity index (χ1v) is 6.33. The zero-order chi connectivity index (χ0) is 13.6. The summed E-state index contributed by atoms with van der Waals surface area (Å²) >= 11 is 0. The molecule has 0 aromatic carbocycles. The average Bonchev–Trinajstić information content (AvgIpc) is 2.27. The Balaban J connectivity index is 2.41. The van der Waals surface area contributed by atoms with E-state index in [4.69, 9.17) is 9.84 Å². The number of urea groups is 1. The number of carboxylic acid groups (broad SMARTS) is 1. The summed E-state index contributed by atoms with van der Waals surface area (Å²) in [6.45, 7) is 5.01. The van der Waals surface area contributed by atoms with Crippen LogP contribution < -0.4 is 10.6 Å². The third-order valence-electron chi connectivity index (χ3n) is 3.10. The summed E-state index contributed by atoms with van der Waals surface area (Å²) in [5.74, 6) is -0.908. The van der Waals surface area contributed by atoms with Crippen molar-refractivity contribution >= 4 is 12.0 Å². The smallest absolute Gasteiger partial charge is 0.315 e. The Morgan fingerprint density at radius 2 is 2.22 bits per heavy atom. The van der Waals surface area contributed by atoms with Crippen LogP contribution in [-0.4, -0.2) is 41.9 Å². The van der Waals surface area contributed by atoms with E-state index < -0.39 is 5.97 Å². The zero-order valence-electron chi connectivity index (χ0n) is 11.0. The molecule has 0 aliphatic carbocycles. The molecule has 2 amide bonds. The number of carbonyl (C=O) groups is 2. The van der Waals surface area contributed by atoms with Gasteiger partial charge in [0.15, 0.2) is 0 Å². The number of hydrogen-bond acceptors (Lipinski definition) is 3. The van der Waals surface area contributed by atoms with Crippen LogP contribution in [0.2, 0.25) is 0 Å². The van der Waals surface area contributed by atoms with Crippen molar-refractivity contribution in [2.24, 2.45) is 0 Å². The van der Waals surface area contributed by atoms with E-state index in [1.54, 1.807) is 0 Å². The third kappa shape index (κ3) is 4.91. The van der Waals surface area contributed by atoms with Gasteiger partial charge in [0.25, 0.3) is 0 Å². The molecule has 1 fully saturated rings. The van der Waals surface area contributed by atoms with Crippen LogP contribution in [0.4, 0.5) is 4.79 Å². The summed E-state index contributed by atoms with van der Waals surface area (Å²) in [6, 6.07) is -0.660. The fourth-order valence-electron chi connectivity index (χ4n) is 2.04. The second kappa shape index (κ2) is 6.58. The van der Waals surface area contributed by atoms with E-state index in [0.29, 0.717) is 13.0 Å². The zero-order valence-corrected chi connectivity index (χ0v) is 11.0. The van der Waals surface area contributed by atoms with E-state index in [0.717, 1.165) is 19.4 Å². The van der Waals surface area contributed by atoms with Gasteiger partial charge in [-0.25, -0.2) is 4.79 Å². The standard InChI is InChI=1S/C12H22N2O4/c1-3-9(7-10(15)16)13-11(17)14-12(2)5-4-6-18-8-12/h9H,3-8H2,1-2H3,(H,15,16)(H2,13,14,17). The highest BCUT2D eigenvalue weighted by Gasteiger charge is 2.29. The van der Waals surface area contributed by atoms with Crippen LogP contribution in [0.25, 0.3) is 0 Å². The maximum atomic E-state index is 11.8. The van der Waals surface area contributed by atoms with Crippen molar-refractivity contribution in [3.63, 3.8) is 0 Å². The quantitative estimate of drug-likeness (QED) is 0.689. The van der Waals surface area contributed by atoms with Crippen molar-refractivity contribution in [3.05, 3.63) is 0 Å². The normalized spacial score (nSPS) is 25.2. The predicted molar refractivity (Wildman–Crippen MR) is 66.5 cm³/mol. The molecule has 0 saturated carbocycles. The van der Waals surface area contributed by atoms with Gasteiger partial charge in [-0.2, -0.15) is 0 Å². The highest BCUT2D eigenvalue weighted by Crippen LogP contribution is 2.18. The number of aliphatic carboxylic acids is 1. The fourth-order valence-corrected chi connectivity index (χ4v) is 2.04. The van der Waals surface area contributed by atoms with Crippen molar-refractivity contribution in [3.8, 4) is 0 Å².